The molecular weight excluding hydrogens is 277 g/mol. The normalized spacial score (nSPS) is 20.1. The lowest BCUT2D eigenvalue weighted by molar-refractivity contribution is -0.191. The Morgan fingerprint density at radius 1 is 1.47 bits per heavy atom. The average Bonchev–Trinajstić information content (AvgIpc) is 2.16. The summed E-state index contributed by atoms with van der Waals surface area (Å²) in [6, 6.07) is 0. The van der Waals surface area contributed by atoms with Crippen LogP contribution in [0.25, 0.3) is 0 Å². The summed E-state index contributed by atoms with van der Waals surface area (Å²) < 4.78 is 42.4. The van der Waals surface area contributed by atoms with Crippen LogP contribution in [0.15, 0.2) is 16.9 Å². The van der Waals surface area contributed by atoms with E-state index in [0.29, 0.717) is 10.2 Å². The fourth-order valence-electron chi connectivity index (χ4n) is 1.24. The molecule has 0 fully saturated rings. The Bertz CT molecular complexity index is 383. The van der Waals surface area contributed by atoms with Gasteiger partial charge in [-0.2, -0.15) is 13.2 Å². The Morgan fingerprint density at radius 3 is 2.87 bits per heavy atom. The molecule has 3 nitrogen and oxygen atoms in total. The minimum atomic E-state index is -4.37. The van der Waals surface area contributed by atoms with Gasteiger partial charge in [-0.1, -0.05) is 0 Å². The maximum Gasteiger partial charge on any atom is 0.427 e. The fourth-order valence-corrected chi connectivity index (χ4v) is 1.66. The third kappa shape index (κ3) is 2.01. The van der Waals surface area contributed by atoms with Crippen LogP contribution in [0.1, 0.15) is 0 Å². The van der Waals surface area contributed by atoms with Crippen LogP contribution in [-0.4, -0.2) is 23.8 Å². The van der Waals surface area contributed by atoms with Crippen molar-refractivity contribution in [2.45, 2.75) is 12.3 Å². The number of halogens is 4. The van der Waals surface area contributed by atoms with E-state index in [1.54, 1.807) is 0 Å². The molecule has 0 bridgehead atoms. The van der Waals surface area contributed by atoms with Gasteiger partial charge in [0.1, 0.15) is 0 Å². The van der Waals surface area contributed by atoms with Gasteiger partial charge >= 0.3 is 6.18 Å². The Morgan fingerprint density at radius 2 is 2.20 bits per heavy atom. The highest BCUT2D eigenvalue weighted by Crippen LogP contribution is 2.38. The summed E-state index contributed by atoms with van der Waals surface area (Å²) in [7, 11) is 0. The molecule has 0 saturated carbocycles. The Labute approximate surface area is 91.8 Å². The van der Waals surface area contributed by atoms with Gasteiger partial charge in [-0.3, -0.25) is 4.98 Å². The SMILES string of the molecule is FC(F)(F)C1CNc2cncc(Br)c2O1. The number of alkyl halides is 3. The van der Waals surface area contributed by atoms with Crippen LogP contribution < -0.4 is 10.1 Å². The second-order valence-electron chi connectivity index (χ2n) is 3.03. The minimum absolute atomic E-state index is 0.151. The van der Waals surface area contributed by atoms with Crippen molar-refractivity contribution in [3.05, 3.63) is 16.9 Å². The molecule has 1 aliphatic rings. The number of aromatic nitrogens is 1. The van der Waals surface area contributed by atoms with Gasteiger partial charge in [0.05, 0.1) is 22.9 Å². The summed E-state index contributed by atoms with van der Waals surface area (Å²) in [6.45, 7) is -0.297. The number of nitrogens with zero attached hydrogens (tertiary/aromatic N) is 1. The number of anilines is 1. The molecule has 82 valence electrons. The lowest BCUT2D eigenvalue weighted by Gasteiger charge is -2.28. The highest BCUT2D eigenvalue weighted by molar-refractivity contribution is 9.10. The van der Waals surface area contributed by atoms with Crippen LogP contribution in [0, 0.1) is 0 Å². The molecule has 1 aromatic rings. The standard InChI is InChI=1S/C8H6BrF3N2O/c9-4-1-13-2-5-7(4)15-6(3-14-5)8(10,11)12/h1-2,6,14H,3H2. The zero-order valence-electron chi connectivity index (χ0n) is 7.31. The van der Waals surface area contributed by atoms with E-state index < -0.39 is 12.3 Å². The molecule has 7 heteroatoms. The molecule has 1 aliphatic heterocycles. The minimum Gasteiger partial charge on any atom is -0.476 e. The van der Waals surface area contributed by atoms with Gasteiger partial charge in [0.2, 0.25) is 6.10 Å². The number of ether oxygens (including phenoxy) is 1. The number of hydrogen-bond acceptors (Lipinski definition) is 3. The number of nitrogens with one attached hydrogen (secondary N) is 1. The average molecular weight is 283 g/mol. The molecule has 1 aromatic heterocycles. The Hall–Kier alpha value is -0.980. The van der Waals surface area contributed by atoms with Gasteiger partial charge in [-0.05, 0) is 15.9 Å². The highest BCUT2D eigenvalue weighted by atomic mass is 79.9. The molecule has 2 rings (SSSR count). The van der Waals surface area contributed by atoms with Crippen LogP contribution >= 0.6 is 15.9 Å². The van der Waals surface area contributed by atoms with Crippen molar-refractivity contribution >= 4 is 21.6 Å². The predicted molar refractivity (Wildman–Crippen MR) is 50.9 cm³/mol. The predicted octanol–water partition coefficient (Wildman–Crippen LogP) is 2.58. The summed E-state index contributed by atoms with van der Waals surface area (Å²) >= 11 is 3.08. The van der Waals surface area contributed by atoms with Crippen LogP contribution in [0.3, 0.4) is 0 Å². The molecule has 1 N–H and O–H groups in total. The quantitative estimate of drug-likeness (QED) is 0.794. The number of rotatable bonds is 0. The third-order valence-electron chi connectivity index (χ3n) is 1.96. The van der Waals surface area contributed by atoms with Gasteiger partial charge < -0.3 is 10.1 Å². The van der Waals surface area contributed by atoms with E-state index in [2.05, 4.69) is 26.2 Å². The number of fused-ring (bicyclic) bond motifs is 1. The maximum atomic E-state index is 12.4. The lowest BCUT2D eigenvalue weighted by Crippen LogP contribution is -2.42. The topological polar surface area (TPSA) is 34.2 Å². The Balaban J connectivity index is 2.30. The van der Waals surface area contributed by atoms with Gasteiger partial charge in [0, 0.05) is 6.20 Å². The maximum absolute atomic E-state index is 12.4. The van der Waals surface area contributed by atoms with E-state index in [1.165, 1.54) is 12.4 Å². The zero-order chi connectivity index (χ0) is 11.1. The first kappa shape index (κ1) is 10.5. The molecule has 0 aromatic carbocycles. The first-order valence-corrected chi connectivity index (χ1v) is 4.88. The number of pyridine rings is 1. The second-order valence-corrected chi connectivity index (χ2v) is 3.88. The van der Waals surface area contributed by atoms with E-state index in [9.17, 15) is 13.2 Å². The van der Waals surface area contributed by atoms with Crippen molar-refractivity contribution in [2.24, 2.45) is 0 Å². The zero-order valence-corrected chi connectivity index (χ0v) is 8.89. The van der Waals surface area contributed by atoms with E-state index in [1.807, 2.05) is 0 Å². The second kappa shape index (κ2) is 3.55. The molecule has 1 unspecified atom stereocenters. The molecule has 1 atom stereocenters. The van der Waals surface area contributed by atoms with E-state index in [0.717, 1.165) is 0 Å². The van der Waals surface area contributed by atoms with Gasteiger partial charge in [0.25, 0.3) is 0 Å². The Kier molecular flexibility index (Phi) is 2.49. The lowest BCUT2D eigenvalue weighted by atomic mass is 10.2. The van der Waals surface area contributed by atoms with Crippen molar-refractivity contribution in [1.29, 1.82) is 0 Å². The molecule has 0 amide bonds. The molecule has 0 radical (unpaired) electrons. The molecular formula is C8H6BrF3N2O. The first-order chi connectivity index (χ1) is 6.98. The molecule has 15 heavy (non-hydrogen) atoms. The van der Waals surface area contributed by atoms with Crippen molar-refractivity contribution in [1.82, 2.24) is 4.98 Å². The summed E-state index contributed by atoms with van der Waals surface area (Å²) in [5.41, 5.74) is 0.463. The van der Waals surface area contributed by atoms with Gasteiger partial charge in [0.15, 0.2) is 5.75 Å². The van der Waals surface area contributed by atoms with Crippen LogP contribution in [0.4, 0.5) is 18.9 Å². The van der Waals surface area contributed by atoms with Crippen molar-refractivity contribution < 1.29 is 17.9 Å². The van der Waals surface area contributed by atoms with Crippen LogP contribution in [0.2, 0.25) is 0 Å². The molecule has 0 saturated heterocycles. The number of hydrogen-bond donors (Lipinski definition) is 1. The smallest absolute Gasteiger partial charge is 0.427 e. The third-order valence-corrected chi connectivity index (χ3v) is 2.52. The summed E-state index contributed by atoms with van der Waals surface area (Å²) in [6.07, 6.45) is -3.37. The first-order valence-electron chi connectivity index (χ1n) is 4.09. The van der Waals surface area contributed by atoms with E-state index >= 15 is 0 Å². The molecule has 0 aliphatic carbocycles. The van der Waals surface area contributed by atoms with Crippen molar-refractivity contribution in [3.8, 4) is 5.75 Å². The molecule has 0 spiro atoms. The van der Waals surface area contributed by atoms with Gasteiger partial charge in [-0.15, -0.1) is 0 Å². The fraction of sp³-hybridized carbons (Fsp3) is 0.375. The summed E-state index contributed by atoms with van der Waals surface area (Å²) in [5, 5.41) is 2.62. The summed E-state index contributed by atoms with van der Waals surface area (Å²) in [4.78, 5) is 3.81. The highest BCUT2D eigenvalue weighted by Gasteiger charge is 2.44. The van der Waals surface area contributed by atoms with Crippen LogP contribution in [0.5, 0.6) is 5.75 Å². The van der Waals surface area contributed by atoms with Crippen molar-refractivity contribution in [3.63, 3.8) is 0 Å². The summed E-state index contributed by atoms with van der Waals surface area (Å²) in [5.74, 6) is 0.151. The monoisotopic (exact) mass is 282 g/mol. The van der Waals surface area contributed by atoms with Gasteiger partial charge in [-0.25, -0.2) is 0 Å². The largest absolute Gasteiger partial charge is 0.476 e. The van der Waals surface area contributed by atoms with Crippen molar-refractivity contribution in [2.75, 3.05) is 11.9 Å². The van der Waals surface area contributed by atoms with E-state index in [4.69, 9.17) is 4.74 Å². The van der Waals surface area contributed by atoms with E-state index in [-0.39, 0.29) is 12.3 Å². The molecule has 2 heterocycles. The van der Waals surface area contributed by atoms with Crippen LogP contribution in [-0.2, 0) is 0 Å².